The zero-order valence-corrected chi connectivity index (χ0v) is 10.9. The summed E-state index contributed by atoms with van der Waals surface area (Å²) in [6, 6.07) is 0. The number of fused-ring (bicyclic) bond motifs is 1. The summed E-state index contributed by atoms with van der Waals surface area (Å²) in [7, 11) is 0. The van der Waals surface area contributed by atoms with Crippen LogP contribution in [0.2, 0.25) is 0 Å². The first-order valence-electron chi connectivity index (χ1n) is 6.82. The van der Waals surface area contributed by atoms with Crippen molar-refractivity contribution in [2.75, 3.05) is 13.2 Å². The van der Waals surface area contributed by atoms with Crippen LogP contribution in [0.25, 0.3) is 0 Å². The molecule has 1 fully saturated rings. The molecule has 19 heavy (non-hydrogen) atoms. The molecule has 4 heteroatoms. The van der Waals surface area contributed by atoms with E-state index in [9.17, 15) is 4.79 Å². The molecule has 100 valence electrons. The second-order valence-corrected chi connectivity index (χ2v) is 4.97. The predicted octanol–water partition coefficient (Wildman–Crippen LogP) is 2.05. The molecule has 0 saturated carbocycles. The Kier molecular flexibility index (Phi) is 3.60. The third-order valence-corrected chi connectivity index (χ3v) is 3.73. The van der Waals surface area contributed by atoms with Crippen molar-refractivity contribution in [3.8, 4) is 0 Å². The van der Waals surface area contributed by atoms with Crippen molar-refractivity contribution >= 4 is 12.0 Å². The highest BCUT2D eigenvalue weighted by Gasteiger charge is 2.41. The zero-order valence-electron chi connectivity index (χ0n) is 10.9. The van der Waals surface area contributed by atoms with Crippen molar-refractivity contribution in [3.05, 3.63) is 36.0 Å². The van der Waals surface area contributed by atoms with Gasteiger partial charge in [-0.25, -0.2) is 0 Å². The number of ether oxygens (including phenoxy) is 1. The molecular formula is C15H18N2O2. The summed E-state index contributed by atoms with van der Waals surface area (Å²) in [6.45, 7) is 1.63. The predicted molar refractivity (Wildman–Crippen MR) is 73.6 cm³/mol. The number of hydrogen-bond donors (Lipinski definition) is 0. The van der Waals surface area contributed by atoms with Gasteiger partial charge < -0.3 is 4.74 Å². The van der Waals surface area contributed by atoms with Crippen LogP contribution in [0.4, 0.5) is 0 Å². The van der Waals surface area contributed by atoms with Gasteiger partial charge in [-0.15, -0.1) is 0 Å². The summed E-state index contributed by atoms with van der Waals surface area (Å²) in [6.07, 6.45) is 14.1. The molecule has 3 aliphatic rings. The van der Waals surface area contributed by atoms with Gasteiger partial charge in [0.05, 0.1) is 12.5 Å². The fourth-order valence-corrected chi connectivity index (χ4v) is 2.84. The molecular weight excluding hydrogens is 240 g/mol. The van der Waals surface area contributed by atoms with Crippen molar-refractivity contribution in [1.29, 1.82) is 0 Å². The normalized spacial score (nSPS) is 33.6. The second-order valence-electron chi connectivity index (χ2n) is 4.97. The SMILES string of the molecule is O=CC1=NN2CCCOC2C1C1=CC/C=C\C=C/C1. The van der Waals surface area contributed by atoms with E-state index < -0.39 is 0 Å². The van der Waals surface area contributed by atoms with Gasteiger partial charge in [-0.2, -0.15) is 5.10 Å². The lowest BCUT2D eigenvalue weighted by Crippen LogP contribution is -2.41. The molecule has 0 bridgehead atoms. The van der Waals surface area contributed by atoms with E-state index in [0.717, 1.165) is 38.7 Å². The highest BCUT2D eigenvalue weighted by Crippen LogP contribution is 2.33. The number of carbonyl (C=O) groups excluding carboxylic acids is 1. The standard InChI is InChI=1S/C15H18N2O2/c18-11-13-14(12-7-4-2-1-3-5-8-12)15-17(16-13)9-6-10-19-15/h1-4,8,11,14-15H,5-7,9-10H2/b3-1-,4-2-,12-8?. The zero-order chi connectivity index (χ0) is 13.1. The molecule has 3 rings (SSSR count). The van der Waals surface area contributed by atoms with E-state index in [1.807, 2.05) is 5.01 Å². The summed E-state index contributed by atoms with van der Waals surface area (Å²) in [5, 5.41) is 6.34. The number of nitrogens with zero attached hydrogens (tertiary/aromatic N) is 2. The number of rotatable bonds is 2. The number of allylic oxidation sites excluding steroid dienone is 5. The van der Waals surface area contributed by atoms with E-state index in [-0.39, 0.29) is 12.1 Å². The summed E-state index contributed by atoms with van der Waals surface area (Å²) >= 11 is 0. The van der Waals surface area contributed by atoms with Crippen molar-refractivity contribution < 1.29 is 9.53 Å². The van der Waals surface area contributed by atoms with Crippen LogP contribution >= 0.6 is 0 Å². The minimum absolute atomic E-state index is 0.00560. The summed E-state index contributed by atoms with van der Waals surface area (Å²) in [5.74, 6) is -0.00560. The highest BCUT2D eigenvalue weighted by molar-refractivity contribution is 6.30. The highest BCUT2D eigenvalue weighted by atomic mass is 16.5. The van der Waals surface area contributed by atoms with Gasteiger partial charge in [0.25, 0.3) is 0 Å². The van der Waals surface area contributed by atoms with Crippen molar-refractivity contribution in [3.63, 3.8) is 0 Å². The van der Waals surface area contributed by atoms with Gasteiger partial charge >= 0.3 is 0 Å². The molecule has 0 radical (unpaired) electrons. The Morgan fingerprint density at radius 1 is 1.37 bits per heavy atom. The van der Waals surface area contributed by atoms with Crippen molar-refractivity contribution in [2.24, 2.45) is 11.0 Å². The lowest BCUT2D eigenvalue weighted by atomic mass is 9.89. The Morgan fingerprint density at radius 3 is 3.16 bits per heavy atom. The molecule has 0 aromatic heterocycles. The van der Waals surface area contributed by atoms with Crippen molar-refractivity contribution in [2.45, 2.75) is 25.5 Å². The Labute approximate surface area is 113 Å². The summed E-state index contributed by atoms with van der Waals surface area (Å²) in [5.41, 5.74) is 1.84. The molecule has 0 spiro atoms. The van der Waals surface area contributed by atoms with Crippen molar-refractivity contribution in [1.82, 2.24) is 5.01 Å². The summed E-state index contributed by atoms with van der Waals surface area (Å²) in [4.78, 5) is 11.3. The number of aldehydes is 1. The van der Waals surface area contributed by atoms with Gasteiger partial charge in [-0.1, -0.05) is 36.0 Å². The Bertz CT molecular complexity index is 477. The molecule has 0 aromatic carbocycles. The van der Waals surface area contributed by atoms with E-state index in [0.29, 0.717) is 5.71 Å². The van der Waals surface area contributed by atoms with Crippen LogP contribution in [0, 0.1) is 5.92 Å². The Hall–Kier alpha value is -1.68. The van der Waals surface area contributed by atoms with Crippen LogP contribution in [0.1, 0.15) is 19.3 Å². The van der Waals surface area contributed by atoms with Crippen LogP contribution < -0.4 is 0 Å². The molecule has 0 N–H and O–H groups in total. The fourth-order valence-electron chi connectivity index (χ4n) is 2.84. The smallest absolute Gasteiger partial charge is 0.166 e. The van der Waals surface area contributed by atoms with Gasteiger partial charge in [0.2, 0.25) is 0 Å². The molecule has 2 atom stereocenters. The molecule has 2 unspecified atom stereocenters. The maximum absolute atomic E-state index is 11.3. The van der Waals surface area contributed by atoms with Crippen LogP contribution in [0.15, 0.2) is 41.1 Å². The molecule has 0 aromatic rings. The quantitative estimate of drug-likeness (QED) is 0.562. The third kappa shape index (κ3) is 2.40. The average Bonchev–Trinajstić information content (AvgIpc) is 2.77. The van der Waals surface area contributed by atoms with E-state index >= 15 is 0 Å². The van der Waals surface area contributed by atoms with Gasteiger partial charge in [0.15, 0.2) is 12.5 Å². The molecule has 2 heterocycles. The fraction of sp³-hybridized carbons (Fsp3) is 0.467. The first-order chi connectivity index (χ1) is 9.40. The second kappa shape index (κ2) is 5.53. The Morgan fingerprint density at radius 2 is 2.26 bits per heavy atom. The number of hydrogen-bond acceptors (Lipinski definition) is 4. The van der Waals surface area contributed by atoms with E-state index in [1.54, 1.807) is 0 Å². The van der Waals surface area contributed by atoms with Crippen LogP contribution in [0.5, 0.6) is 0 Å². The lowest BCUT2D eigenvalue weighted by Gasteiger charge is -2.32. The molecule has 1 saturated heterocycles. The largest absolute Gasteiger partial charge is 0.356 e. The number of hydrazone groups is 1. The number of carbonyl (C=O) groups is 1. The van der Waals surface area contributed by atoms with E-state index in [2.05, 4.69) is 35.5 Å². The van der Waals surface area contributed by atoms with Gasteiger partial charge in [0.1, 0.15) is 5.71 Å². The Balaban J connectivity index is 1.88. The first kappa shape index (κ1) is 12.4. The molecule has 1 aliphatic carbocycles. The first-order valence-corrected chi connectivity index (χ1v) is 6.82. The van der Waals surface area contributed by atoms with Gasteiger partial charge in [-0.05, 0) is 19.3 Å². The minimum Gasteiger partial charge on any atom is -0.356 e. The average molecular weight is 258 g/mol. The van der Waals surface area contributed by atoms with E-state index in [1.165, 1.54) is 5.57 Å². The van der Waals surface area contributed by atoms with E-state index in [4.69, 9.17) is 4.74 Å². The summed E-state index contributed by atoms with van der Waals surface area (Å²) < 4.78 is 5.84. The van der Waals surface area contributed by atoms with Gasteiger partial charge in [-0.3, -0.25) is 9.80 Å². The monoisotopic (exact) mass is 258 g/mol. The van der Waals surface area contributed by atoms with Crippen LogP contribution in [-0.4, -0.2) is 36.4 Å². The van der Waals surface area contributed by atoms with Gasteiger partial charge in [0, 0.05) is 6.54 Å². The minimum atomic E-state index is -0.0861. The maximum atomic E-state index is 11.3. The lowest BCUT2D eigenvalue weighted by molar-refractivity contribution is -0.103. The van der Waals surface area contributed by atoms with Crippen LogP contribution in [0.3, 0.4) is 0 Å². The maximum Gasteiger partial charge on any atom is 0.166 e. The molecule has 4 nitrogen and oxygen atoms in total. The molecule has 2 aliphatic heterocycles. The third-order valence-electron chi connectivity index (χ3n) is 3.73. The molecule has 0 amide bonds. The van der Waals surface area contributed by atoms with Crippen LogP contribution in [-0.2, 0) is 9.53 Å². The topological polar surface area (TPSA) is 41.9 Å².